The van der Waals surface area contributed by atoms with Gasteiger partial charge in [-0.3, -0.25) is 0 Å². The molecule has 1 aromatic carbocycles. The Morgan fingerprint density at radius 3 is 2.52 bits per heavy atom. The molecule has 0 unspecified atom stereocenters. The van der Waals surface area contributed by atoms with E-state index in [1.807, 2.05) is 0 Å². The highest BCUT2D eigenvalue weighted by molar-refractivity contribution is 5.38. The molecule has 1 aliphatic heterocycles. The van der Waals surface area contributed by atoms with E-state index in [0.717, 1.165) is 44.1 Å². The molecule has 8 heteroatoms. The summed E-state index contributed by atoms with van der Waals surface area (Å²) in [5.74, 6) is -3.27. The standard InChI is InChI=1S/C15H15F3N4O/c16-11-7-10(8-12(17)14(11)18)9-23-15-20-2-1-13(21-15)22-5-3-19-4-6-22/h1-2,7-8,19H,3-6,9H2. The maximum Gasteiger partial charge on any atom is 0.318 e. The zero-order chi connectivity index (χ0) is 16.2. The van der Waals surface area contributed by atoms with Crippen LogP contribution in [0.5, 0.6) is 6.01 Å². The number of rotatable bonds is 4. The first-order valence-corrected chi connectivity index (χ1v) is 7.18. The Morgan fingerprint density at radius 2 is 1.83 bits per heavy atom. The number of benzene rings is 1. The van der Waals surface area contributed by atoms with Gasteiger partial charge in [-0.05, 0) is 23.8 Å². The molecule has 0 spiro atoms. The molecular formula is C15H15F3N4O. The Kier molecular flexibility index (Phi) is 4.61. The van der Waals surface area contributed by atoms with Crippen molar-refractivity contribution in [3.05, 3.63) is 47.4 Å². The number of nitrogens with one attached hydrogen (secondary N) is 1. The first-order chi connectivity index (χ1) is 11.1. The van der Waals surface area contributed by atoms with Gasteiger partial charge in [-0.2, -0.15) is 4.98 Å². The number of aromatic nitrogens is 2. The lowest BCUT2D eigenvalue weighted by Crippen LogP contribution is -2.43. The Hall–Kier alpha value is -2.35. The molecule has 0 saturated carbocycles. The average molecular weight is 324 g/mol. The van der Waals surface area contributed by atoms with Crippen LogP contribution in [0.2, 0.25) is 0 Å². The van der Waals surface area contributed by atoms with Gasteiger partial charge in [0, 0.05) is 32.4 Å². The van der Waals surface area contributed by atoms with Crippen LogP contribution in [-0.4, -0.2) is 36.1 Å². The second-order valence-corrected chi connectivity index (χ2v) is 5.10. The van der Waals surface area contributed by atoms with E-state index < -0.39 is 17.5 Å². The molecule has 0 radical (unpaired) electrons. The fourth-order valence-electron chi connectivity index (χ4n) is 2.31. The summed E-state index contributed by atoms with van der Waals surface area (Å²) < 4.78 is 44.6. The molecular weight excluding hydrogens is 309 g/mol. The Bertz CT molecular complexity index is 669. The number of halogens is 3. The van der Waals surface area contributed by atoms with Gasteiger partial charge in [-0.15, -0.1) is 0 Å². The summed E-state index contributed by atoms with van der Waals surface area (Å²) in [6.07, 6.45) is 1.56. The van der Waals surface area contributed by atoms with Crippen molar-refractivity contribution in [3.8, 4) is 6.01 Å². The van der Waals surface area contributed by atoms with Crippen molar-refractivity contribution in [1.29, 1.82) is 0 Å². The van der Waals surface area contributed by atoms with Gasteiger partial charge in [0.05, 0.1) is 0 Å². The Labute approximate surface area is 131 Å². The van der Waals surface area contributed by atoms with Gasteiger partial charge in [-0.25, -0.2) is 18.2 Å². The zero-order valence-electron chi connectivity index (χ0n) is 12.2. The summed E-state index contributed by atoms with van der Waals surface area (Å²) in [5, 5.41) is 3.24. The van der Waals surface area contributed by atoms with E-state index in [-0.39, 0.29) is 18.2 Å². The van der Waals surface area contributed by atoms with Crippen LogP contribution in [0, 0.1) is 17.5 Å². The van der Waals surface area contributed by atoms with Crippen molar-refractivity contribution in [2.45, 2.75) is 6.61 Å². The Balaban J connectivity index is 1.68. The van der Waals surface area contributed by atoms with Crippen LogP contribution in [0.15, 0.2) is 24.4 Å². The van der Waals surface area contributed by atoms with Crippen molar-refractivity contribution in [1.82, 2.24) is 15.3 Å². The zero-order valence-corrected chi connectivity index (χ0v) is 12.2. The van der Waals surface area contributed by atoms with Crippen LogP contribution in [0.25, 0.3) is 0 Å². The van der Waals surface area contributed by atoms with Crippen molar-refractivity contribution in [3.63, 3.8) is 0 Å². The minimum absolute atomic E-state index is 0.103. The van der Waals surface area contributed by atoms with E-state index in [4.69, 9.17) is 4.74 Å². The third-order valence-electron chi connectivity index (χ3n) is 3.47. The van der Waals surface area contributed by atoms with E-state index in [1.165, 1.54) is 0 Å². The smallest absolute Gasteiger partial charge is 0.318 e. The van der Waals surface area contributed by atoms with Crippen LogP contribution < -0.4 is 15.0 Å². The number of hydrogen-bond acceptors (Lipinski definition) is 5. The predicted octanol–water partition coefficient (Wildman–Crippen LogP) is 1.88. The summed E-state index contributed by atoms with van der Waals surface area (Å²) in [6, 6.07) is 3.65. The molecule has 3 rings (SSSR count). The highest BCUT2D eigenvalue weighted by Gasteiger charge is 2.14. The van der Waals surface area contributed by atoms with Crippen molar-refractivity contribution in [2.24, 2.45) is 0 Å². The molecule has 2 aromatic rings. The number of hydrogen-bond donors (Lipinski definition) is 1. The highest BCUT2D eigenvalue weighted by Crippen LogP contribution is 2.17. The van der Waals surface area contributed by atoms with Crippen LogP contribution in [-0.2, 0) is 6.61 Å². The maximum atomic E-state index is 13.2. The van der Waals surface area contributed by atoms with Gasteiger partial charge in [-0.1, -0.05) is 0 Å². The fourth-order valence-corrected chi connectivity index (χ4v) is 2.31. The number of ether oxygens (including phenoxy) is 1. The molecule has 0 bridgehead atoms. The highest BCUT2D eigenvalue weighted by atomic mass is 19.2. The summed E-state index contributed by atoms with van der Waals surface area (Å²) in [6.45, 7) is 3.23. The normalized spacial score (nSPS) is 14.8. The van der Waals surface area contributed by atoms with Crippen LogP contribution in [0.4, 0.5) is 19.0 Å². The summed E-state index contributed by atoms with van der Waals surface area (Å²) >= 11 is 0. The lowest BCUT2D eigenvalue weighted by atomic mass is 10.2. The van der Waals surface area contributed by atoms with E-state index in [9.17, 15) is 13.2 Å². The van der Waals surface area contributed by atoms with Crippen molar-refractivity contribution >= 4 is 5.82 Å². The fraction of sp³-hybridized carbons (Fsp3) is 0.333. The molecule has 2 heterocycles. The molecule has 23 heavy (non-hydrogen) atoms. The van der Waals surface area contributed by atoms with E-state index in [2.05, 4.69) is 20.2 Å². The van der Waals surface area contributed by atoms with Gasteiger partial charge in [0.15, 0.2) is 17.5 Å². The molecule has 122 valence electrons. The molecule has 0 amide bonds. The first-order valence-electron chi connectivity index (χ1n) is 7.18. The minimum atomic E-state index is -1.49. The van der Waals surface area contributed by atoms with Crippen molar-refractivity contribution in [2.75, 3.05) is 31.1 Å². The average Bonchev–Trinajstić information content (AvgIpc) is 2.59. The minimum Gasteiger partial charge on any atom is -0.459 e. The summed E-state index contributed by atoms with van der Waals surface area (Å²) in [7, 11) is 0. The second-order valence-electron chi connectivity index (χ2n) is 5.10. The maximum absolute atomic E-state index is 13.2. The topological polar surface area (TPSA) is 50.3 Å². The third-order valence-corrected chi connectivity index (χ3v) is 3.47. The molecule has 1 aliphatic rings. The quantitative estimate of drug-likeness (QED) is 0.871. The van der Waals surface area contributed by atoms with Gasteiger partial charge >= 0.3 is 6.01 Å². The third kappa shape index (κ3) is 3.70. The van der Waals surface area contributed by atoms with Gasteiger partial charge in [0.1, 0.15) is 12.4 Å². The van der Waals surface area contributed by atoms with Crippen LogP contribution in [0.1, 0.15) is 5.56 Å². The lowest BCUT2D eigenvalue weighted by molar-refractivity contribution is 0.278. The molecule has 0 atom stereocenters. The van der Waals surface area contributed by atoms with E-state index in [0.29, 0.717) is 0 Å². The summed E-state index contributed by atoms with van der Waals surface area (Å²) in [4.78, 5) is 10.3. The van der Waals surface area contributed by atoms with Crippen molar-refractivity contribution < 1.29 is 17.9 Å². The van der Waals surface area contributed by atoms with Crippen LogP contribution in [0.3, 0.4) is 0 Å². The SMILES string of the molecule is Fc1cc(COc2nccc(N3CCNCC3)n2)cc(F)c1F. The second kappa shape index (κ2) is 6.82. The molecule has 1 fully saturated rings. The van der Waals surface area contributed by atoms with Gasteiger partial charge in [0.2, 0.25) is 0 Å². The van der Waals surface area contributed by atoms with E-state index in [1.54, 1.807) is 12.3 Å². The molecule has 1 aromatic heterocycles. The number of nitrogens with zero attached hydrogens (tertiary/aromatic N) is 3. The van der Waals surface area contributed by atoms with E-state index >= 15 is 0 Å². The van der Waals surface area contributed by atoms with Gasteiger partial charge in [0.25, 0.3) is 0 Å². The summed E-state index contributed by atoms with van der Waals surface area (Å²) in [5.41, 5.74) is 0.164. The predicted molar refractivity (Wildman–Crippen MR) is 77.8 cm³/mol. The first kappa shape index (κ1) is 15.5. The molecule has 1 N–H and O–H groups in total. The monoisotopic (exact) mass is 324 g/mol. The molecule has 5 nitrogen and oxygen atoms in total. The van der Waals surface area contributed by atoms with Gasteiger partial charge < -0.3 is 15.0 Å². The van der Waals surface area contributed by atoms with Crippen LogP contribution >= 0.6 is 0 Å². The molecule has 0 aliphatic carbocycles. The largest absolute Gasteiger partial charge is 0.459 e. The lowest BCUT2D eigenvalue weighted by Gasteiger charge is -2.28. The number of anilines is 1. The number of piperazine rings is 1. The Morgan fingerprint density at radius 1 is 1.13 bits per heavy atom. The molecule has 1 saturated heterocycles.